The van der Waals surface area contributed by atoms with Crippen molar-refractivity contribution in [2.75, 3.05) is 5.73 Å². The van der Waals surface area contributed by atoms with Gasteiger partial charge in [0.15, 0.2) is 0 Å². The number of hydrogen-bond acceptors (Lipinski definition) is 3. The number of halogens is 1. The summed E-state index contributed by atoms with van der Waals surface area (Å²) in [6.45, 7) is 0. The number of anilines is 1. The highest BCUT2D eigenvalue weighted by atomic mass is 19.1. The summed E-state index contributed by atoms with van der Waals surface area (Å²) in [5, 5.41) is 8.19. The molecule has 0 unspecified atom stereocenters. The number of nitrogens with zero attached hydrogens (tertiary/aromatic N) is 2. The van der Waals surface area contributed by atoms with Gasteiger partial charge in [-0.15, -0.1) is 0 Å². The Morgan fingerprint density at radius 2 is 2.31 bits per heavy atom. The Bertz CT molecular complexity index is 409. The third kappa shape index (κ3) is 2.46. The molecule has 0 saturated heterocycles. The maximum absolute atomic E-state index is 12.6. The van der Waals surface area contributed by atoms with Crippen molar-refractivity contribution in [1.82, 2.24) is 4.98 Å². The van der Waals surface area contributed by atoms with Gasteiger partial charge in [0.05, 0.1) is 18.2 Å². The van der Waals surface area contributed by atoms with E-state index < -0.39 is 5.95 Å². The molecule has 64 valence electrons. The molecular weight excluding hydrogens is 169 g/mol. The van der Waals surface area contributed by atoms with E-state index in [1.54, 1.807) is 0 Å². The second kappa shape index (κ2) is 4.08. The lowest BCUT2D eigenvalue weighted by atomic mass is 10.3. The van der Waals surface area contributed by atoms with Crippen molar-refractivity contribution in [3.63, 3.8) is 0 Å². The van der Waals surface area contributed by atoms with Gasteiger partial charge in [-0.25, -0.2) is 4.98 Å². The lowest BCUT2D eigenvalue weighted by Crippen LogP contribution is -1.95. The number of nitriles is 1. The van der Waals surface area contributed by atoms with E-state index in [1.165, 1.54) is 6.07 Å². The number of hydrogen-bond donors (Lipinski definition) is 1. The second-order valence-electron chi connectivity index (χ2n) is 2.21. The summed E-state index contributed by atoms with van der Waals surface area (Å²) in [6.07, 6.45) is 0.0810. The predicted octanol–water partition coefficient (Wildman–Crippen LogP) is 1.07. The first-order valence-corrected chi connectivity index (χ1v) is 3.52. The summed E-state index contributed by atoms with van der Waals surface area (Å²) in [4.78, 5) is 3.47. The molecule has 0 aliphatic rings. The maximum Gasteiger partial charge on any atom is 0.214 e. The molecule has 0 saturated carbocycles. The normalized spacial score (nSPS) is 8.31. The van der Waals surface area contributed by atoms with Crippen LogP contribution in [0.15, 0.2) is 12.1 Å². The molecule has 13 heavy (non-hydrogen) atoms. The van der Waals surface area contributed by atoms with Crippen LogP contribution in [0.5, 0.6) is 0 Å². The Morgan fingerprint density at radius 1 is 1.54 bits per heavy atom. The first-order chi connectivity index (χ1) is 6.24. The monoisotopic (exact) mass is 175 g/mol. The molecule has 0 fully saturated rings. The third-order valence-electron chi connectivity index (χ3n) is 1.27. The minimum Gasteiger partial charge on any atom is -0.396 e. The number of nitrogens with two attached hydrogens (primary N) is 1. The van der Waals surface area contributed by atoms with Crippen molar-refractivity contribution in [3.05, 3.63) is 23.8 Å². The number of pyridine rings is 1. The summed E-state index contributed by atoms with van der Waals surface area (Å²) < 4.78 is 12.6. The van der Waals surface area contributed by atoms with Crippen LogP contribution < -0.4 is 5.73 Å². The highest BCUT2D eigenvalue weighted by Gasteiger charge is 1.98. The minimum absolute atomic E-state index is 0.0810. The summed E-state index contributed by atoms with van der Waals surface area (Å²) >= 11 is 0. The molecule has 0 bridgehead atoms. The highest BCUT2D eigenvalue weighted by Crippen LogP contribution is 2.07. The zero-order valence-electron chi connectivity index (χ0n) is 6.71. The molecule has 1 heterocycles. The number of nitrogen functional groups attached to an aromatic ring is 1. The zero-order valence-corrected chi connectivity index (χ0v) is 6.71. The fourth-order valence-electron chi connectivity index (χ4n) is 0.714. The van der Waals surface area contributed by atoms with Gasteiger partial charge in [-0.3, -0.25) is 0 Å². The Hall–Kier alpha value is -2.07. The van der Waals surface area contributed by atoms with Crippen LogP contribution in [-0.2, 0) is 0 Å². The first kappa shape index (κ1) is 9.02. The van der Waals surface area contributed by atoms with Gasteiger partial charge < -0.3 is 5.73 Å². The average molecular weight is 175 g/mol. The quantitative estimate of drug-likeness (QED) is 0.473. The van der Waals surface area contributed by atoms with E-state index in [-0.39, 0.29) is 12.1 Å². The molecule has 4 heteroatoms. The molecule has 1 aromatic heterocycles. The van der Waals surface area contributed by atoms with E-state index in [4.69, 9.17) is 11.0 Å². The van der Waals surface area contributed by atoms with Crippen LogP contribution >= 0.6 is 0 Å². The molecule has 1 aromatic rings. The number of rotatable bonds is 0. The van der Waals surface area contributed by atoms with Gasteiger partial charge in [-0.1, -0.05) is 5.92 Å². The van der Waals surface area contributed by atoms with Crippen LogP contribution in [0.4, 0.5) is 10.1 Å². The molecule has 3 nitrogen and oxygen atoms in total. The fourth-order valence-corrected chi connectivity index (χ4v) is 0.714. The lowest BCUT2D eigenvalue weighted by molar-refractivity contribution is 0.583. The molecule has 0 spiro atoms. The molecule has 0 atom stereocenters. The van der Waals surface area contributed by atoms with E-state index >= 15 is 0 Å². The first-order valence-electron chi connectivity index (χ1n) is 3.52. The second-order valence-corrected chi connectivity index (χ2v) is 2.21. The third-order valence-corrected chi connectivity index (χ3v) is 1.27. The van der Waals surface area contributed by atoms with Gasteiger partial charge in [0.1, 0.15) is 5.69 Å². The highest BCUT2D eigenvalue weighted by molar-refractivity contribution is 5.51. The smallest absolute Gasteiger partial charge is 0.214 e. The topological polar surface area (TPSA) is 62.7 Å². The molecule has 0 aliphatic heterocycles. The predicted molar refractivity (Wildman–Crippen MR) is 45.7 cm³/mol. The zero-order chi connectivity index (χ0) is 9.68. The lowest BCUT2D eigenvalue weighted by Gasteiger charge is -1.95. The summed E-state index contributed by atoms with van der Waals surface area (Å²) in [7, 11) is 0. The van der Waals surface area contributed by atoms with Gasteiger partial charge in [-0.05, 0) is 18.1 Å². The van der Waals surface area contributed by atoms with Gasteiger partial charge >= 0.3 is 0 Å². The van der Waals surface area contributed by atoms with Crippen molar-refractivity contribution in [1.29, 1.82) is 5.26 Å². The standard InChI is InChI=1S/C9H6FN3/c10-9-5-4-7(12)8(13-9)3-1-2-6-11/h4-5H,2,12H2. The summed E-state index contributed by atoms with van der Waals surface area (Å²) in [6, 6.07) is 4.38. The molecule has 0 aliphatic carbocycles. The Kier molecular flexibility index (Phi) is 2.83. The van der Waals surface area contributed by atoms with E-state index in [1.807, 2.05) is 6.07 Å². The number of aromatic nitrogens is 1. The van der Waals surface area contributed by atoms with Gasteiger partial charge in [0, 0.05) is 0 Å². The van der Waals surface area contributed by atoms with Crippen LogP contribution in [0.3, 0.4) is 0 Å². The fraction of sp³-hybridized carbons (Fsp3) is 0.111. The maximum atomic E-state index is 12.6. The van der Waals surface area contributed by atoms with Gasteiger partial charge in [0.2, 0.25) is 5.95 Å². The van der Waals surface area contributed by atoms with Crippen LogP contribution in [0.25, 0.3) is 0 Å². The van der Waals surface area contributed by atoms with Crippen LogP contribution in [0, 0.1) is 29.1 Å². The van der Waals surface area contributed by atoms with Gasteiger partial charge in [0.25, 0.3) is 0 Å². The van der Waals surface area contributed by atoms with E-state index in [0.717, 1.165) is 6.07 Å². The Labute approximate surface area is 75.0 Å². The molecule has 0 radical (unpaired) electrons. The van der Waals surface area contributed by atoms with Crippen LogP contribution in [0.2, 0.25) is 0 Å². The van der Waals surface area contributed by atoms with Crippen LogP contribution in [0.1, 0.15) is 12.1 Å². The van der Waals surface area contributed by atoms with Crippen molar-refractivity contribution in [3.8, 4) is 17.9 Å². The van der Waals surface area contributed by atoms with Crippen LogP contribution in [-0.4, -0.2) is 4.98 Å². The van der Waals surface area contributed by atoms with Crippen molar-refractivity contribution >= 4 is 5.69 Å². The van der Waals surface area contributed by atoms with Crippen molar-refractivity contribution in [2.24, 2.45) is 0 Å². The van der Waals surface area contributed by atoms with E-state index in [0.29, 0.717) is 5.69 Å². The molecule has 0 amide bonds. The molecule has 2 N–H and O–H groups in total. The van der Waals surface area contributed by atoms with Gasteiger partial charge in [-0.2, -0.15) is 9.65 Å². The van der Waals surface area contributed by atoms with Crippen molar-refractivity contribution in [2.45, 2.75) is 6.42 Å². The summed E-state index contributed by atoms with van der Waals surface area (Å²) in [5.41, 5.74) is 5.95. The Morgan fingerprint density at radius 3 is 3.00 bits per heavy atom. The minimum atomic E-state index is -0.629. The molecule has 0 aromatic carbocycles. The molecular formula is C9H6FN3. The molecule has 1 rings (SSSR count). The van der Waals surface area contributed by atoms with E-state index in [2.05, 4.69) is 16.8 Å². The SMILES string of the molecule is N#CCC#Cc1nc(F)ccc1N. The summed E-state index contributed by atoms with van der Waals surface area (Å²) in [5.74, 6) is 4.38. The van der Waals surface area contributed by atoms with Crippen molar-refractivity contribution < 1.29 is 4.39 Å². The largest absolute Gasteiger partial charge is 0.396 e. The Balaban J connectivity index is 2.97. The average Bonchev–Trinajstić information content (AvgIpc) is 2.11. The van der Waals surface area contributed by atoms with E-state index in [9.17, 15) is 4.39 Å².